The Hall–Kier alpha value is 0.980. The Bertz CT molecular complexity index is 213. The van der Waals surface area contributed by atoms with Crippen LogP contribution in [0.25, 0.3) is 0 Å². The first-order chi connectivity index (χ1) is 4.42. The zero-order chi connectivity index (χ0) is 8.20. The molecule has 0 rings (SSSR count). The van der Waals surface area contributed by atoms with E-state index in [1.807, 2.05) is 0 Å². The summed E-state index contributed by atoms with van der Waals surface area (Å²) in [6.07, 6.45) is 0. The molecule has 11 heavy (non-hydrogen) atoms. The van der Waals surface area contributed by atoms with Gasteiger partial charge in [0.2, 0.25) is 0 Å². The Morgan fingerprint density at radius 2 is 1.91 bits per heavy atom. The van der Waals surface area contributed by atoms with Crippen LogP contribution in [0.2, 0.25) is 0 Å². The SMILES string of the molecule is O=S([O-])NCCS(=O)(=O)[O-].[Na+]. The van der Waals surface area contributed by atoms with E-state index in [1.165, 1.54) is 0 Å². The summed E-state index contributed by atoms with van der Waals surface area (Å²) in [4.78, 5) is 0. The molecular formula is C2H5NNaO5S2-. The van der Waals surface area contributed by atoms with E-state index in [0.29, 0.717) is 0 Å². The average Bonchev–Trinajstić information content (AvgIpc) is 1.59. The van der Waals surface area contributed by atoms with Gasteiger partial charge >= 0.3 is 29.6 Å². The van der Waals surface area contributed by atoms with Crippen molar-refractivity contribution < 1.29 is 51.3 Å². The average molecular weight is 210 g/mol. The van der Waals surface area contributed by atoms with Gasteiger partial charge in [-0.3, -0.25) is 4.21 Å². The number of hydrogen-bond donors (Lipinski definition) is 1. The summed E-state index contributed by atoms with van der Waals surface area (Å²) in [7, 11) is -4.31. The third-order valence-corrected chi connectivity index (χ3v) is 1.72. The van der Waals surface area contributed by atoms with Crippen molar-refractivity contribution in [2.24, 2.45) is 0 Å². The molecule has 0 radical (unpaired) electrons. The van der Waals surface area contributed by atoms with Crippen LogP contribution in [0.15, 0.2) is 0 Å². The molecule has 0 spiro atoms. The molecule has 0 heterocycles. The second kappa shape index (κ2) is 6.49. The molecule has 0 fully saturated rings. The van der Waals surface area contributed by atoms with Crippen molar-refractivity contribution in [3.8, 4) is 0 Å². The minimum Gasteiger partial charge on any atom is -0.760 e. The van der Waals surface area contributed by atoms with Crippen LogP contribution in [0.1, 0.15) is 0 Å². The largest absolute Gasteiger partial charge is 1.00 e. The molecule has 0 aliphatic heterocycles. The molecule has 0 aliphatic rings. The van der Waals surface area contributed by atoms with E-state index in [9.17, 15) is 21.7 Å². The summed E-state index contributed by atoms with van der Waals surface area (Å²) in [5.74, 6) is -0.721. The fourth-order valence-corrected chi connectivity index (χ4v) is 1.000. The van der Waals surface area contributed by atoms with E-state index in [0.717, 1.165) is 0 Å². The van der Waals surface area contributed by atoms with Crippen LogP contribution < -0.4 is 34.3 Å². The van der Waals surface area contributed by atoms with Gasteiger partial charge in [0.15, 0.2) is 0 Å². The van der Waals surface area contributed by atoms with E-state index >= 15 is 0 Å². The van der Waals surface area contributed by atoms with E-state index in [4.69, 9.17) is 0 Å². The molecule has 0 aromatic carbocycles. The minimum atomic E-state index is -4.31. The molecule has 0 bridgehead atoms. The number of rotatable bonds is 4. The fourth-order valence-electron chi connectivity index (χ4n) is 0.250. The molecule has 1 atom stereocenters. The smallest absolute Gasteiger partial charge is 0.760 e. The van der Waals surface area contributed by atoms with Crippen LogP contribution in [0.3, 0.4) is 0 Å². The topological polar surface area (TPSA) is 109 Å². The number of hydrogen-bond acceptors (Lipinski definition) is 5. The first-order valence-corrected chi connectivity index (χ1v) is 4.83. The van der Waals surface area contributed by atoms with Crippen LogP contribution >= 0.6 is 0 Å². The summed E-state index contributed by atoms with van der Waals surface area (Å²) in [6.45, 7) is -0.373. The maximum atomic E-state index is 9.82. The van der Waals surface area contributed by atoms with Crippen LogP contribution in [0.5, 0.6) is 0 Å². The summed E-state index contributed by atoms with van der Waals surface area (Å²) < 4.78 is 50.5. The van der Waals surface area contributed by atoms with Crippen molar-refractivity contribution in [2.45, 2.75) is 0 Å². The quantitative estimate of drug-likeness (QED) is 0.283. The zero-order valence-corrected chi connectivity index (χ0v) is 9.40. The van der Waals surface area contributed by atoms with Crippen molar-refractivity contribution in [1.29, 1.82) is 0 Å². The van der Waals surface area contributed by atoms with Gasteiger partial charge in [0, 0.05) is 17.8 Å². The third kappa shape index (κ3) is 13.9. The van der Waals surface area contributed by atoms with Crippen LogP contribution in [0, 0.1) is 0 Å². The summed E-state index contributed by atoms with van der Waals surface area (Å²) in [5.41, 5.74) is 0. The van der Waals surface area contributed by atoms with E-state index in [-0.39, 0.29) is 36.1 Å². The van der Waals surface area contributed by atoms with Gasteiger partial charge in [0.1, 0.15) is 0 Å². The Morgan fingerprint density at radius 1 is 1.45 bits per heavy atom. The Kier molecular flexibility index (Phi) is 8.56. The minimum absolute atomic E-state index is 0. The maximum Gasteiger partial charge on any atom is 1.00 e. The Morgan fingerprint density at radius 3 is 2.18 bits per heavy atom. The Balaban J connectivity index is 0. The molecule has 0 saturated carbocycles. The standard InChI is InChI=1S/C2H7NO5S2.Na/c4-9(5)3-1-2-10(6,7)8;/h3H,1-2H2,(H,4,5)(H,6,7,8);/q;+1/p-2. The van der Waals surface area contributed by atoms with Gasteiger partial charge in [-0.05, 0) is 0 Å². The summed E-state index contributed by atoms with van der Waals surface area (Å²) in [6, 6.07) is 0. The van der Waals surface area contributed by atoms with E-state index in [2.05, 4.69) is 0 Å². The molecule has 9 heteroatoms. The van der Waals surface area contributed by atoms with Crippen molar-refractivity contribution >= 4 is 21.4 Å². The van der Waals surface area contributed by atoms with Gasteiger partial charge < -0.3 is 9.11 Å². The summed E-state index contributed by atoms with van der Waals surface area (Å²) >= 11 is -2.50. The third-order valence-electron chi connectivity index (χ3n) is 0.572. The second-order valence-electron chi connectivity index (χ2n) is 1.39. The molecule has 0 saturated heterocycles. The number of nitrogens with one attached hydrogen (secondary N) is 1. The van der Waals surface area contributed by atoms with Gasteiger partial charge in [-0.2, -0.15) is 0 Å². The van der Waals surface area contributed by atoms with Gasteiger partial charge in [0.25, 0.3) is 0 Å². The molecule has 0 amide bonds. The normalized spacial score (nSPS) is 13.6. The van der Waals surface area contributed by atoms with Gasteiger partial charge in [-0.1, -0.05) is 0 Å². The second-order valence-corrected chi connectivity index (χ2v) is 3.67. The van der Waals surface area contributed by atoms with Crippen LogP contribution in [-0.2, 0) is 21.4 Å². The van der Waals surface area contributed by atoms with Crippen LogP contribution in [-0.4, -0.2) is 34.0 Å². The monoisotopic (exact) mass is 210 g/mol. The first kappa shape index (κ1) is 14.5. The molecule has 1 N–H and O–H groups in total. The molecule has 0 aromatic rings. The maximum absolute atomic E-state index is 9.82. The van der Waals surface area contributed by atoms with Crippen molar-refractivity contribution in [2.75, 3.05) is 12.3 Å². The van der Waals surface area contributed by atoms with E-state index in [1.54, 1.807) is 4.72 Å². The zero-order valence-electron chi connectivity index (χ0n) is 5.77. The van der Waals surface area contributed by atoms with Gasteiger partial charge in [-0.15, -0.1) is 0 Å². The predicted molar refractivity (Wildman–Crippen MR) is 31.5 cm³/mol. The predicted octanol–water partition coefficient (Wildman–Crippen LogP) is -5.08. The van der Waals surface area contributed by atoms with Crippen molar-refractivity contribution in [1.82, 2.24) is 4.72 Å². The van der Waals surface area contributed by atoms with Crippen molar-refractivity contribution in [3.05, 3.63) is 0 Å². The van der Waals surface area contributed by atoms with Crippen molar-refractivity contribution in [3.63, 3.8) is 0 Å². The molecule has 6 nitrogen and oxygen atoms in total. The van der Waals surface area contributed by atoms with Gasteiger partial charge in [0.05, 0.1) is 15.9 Å². The molecule has 0 aliphatic carbocycles. The van der Waals surface area contributed by atoms with E-state index < -0.39 is 27.1 Å². The molecule has 0 aromatic heterocycles. The van der Waals surface area contributed by atoms with Crippen LogP contribution in [0.4, 0.5) is 0 Å². The molecule has 1 unspecified atom stereocenters. The molecule has 62 valence electrons. The first-order valence-electron chi connectivity index (χ1n) is 2.18. The summed E-state index contributed by atoms with van der Waals surface area (Å²) in [5, 5.41) is 0. The van der Waals surface area contributed by atoms with Gasteiger partial charge in [-0.25, -0.2) is 13.1 Å². The Labute approximate surface area is 89.2 Å². The fraction of sp³-hybridized carbons (Fsp3) is 1.00. The molecular weight excluding hydrogens is 205 g/mol.